The van der Waals surface area contributed by atoms with Gasteiger partial charge in [0.2, 0.25) is 0 Å². The summed E-state index contributed by atoms with van der Waals surface area (Å²) < 4.78 is 0. The molecule has 3 N–H and O–H groups in total. The van der Waals surface area contributed by atoms with Crippen molar-refractivity contribution in [1.82, 2.24) is 0 Å². The Labute approximate surface area is 54.7 Å². The third-order valence-corrected chi connectivity index (χ3v) is 0.612. The van der Waals surface area contributed by atoms with Crippen LogP contribution in [0.5, 0.6) is 0 Å². The standard InChI is InChI=1S/C4H11NO.CHO2/c1-5(2)3-4-6;2-1-3/h6H,3-4H2,1-2H3;(H,2,3)/q;-1/p+1. The molecule has 0 rings (SSSR count). The SMILES string of the molecule is C[NH+](C)CCO.O=[C-]O. The van der Waals surface area contributed by atoms with Gasteiger partial charge in [-0.25, -0.2) is 0 Å². The van der Waals surface area contributed by atoms with Crippen molar-refractivity contribution >= 4 is 6.47 Å². The fourth-order valence-corrected chi connectivity index (χ4v) is 0.224. The summed E-state index contributed by atoms with van der Waals surface area (Å²) in [5.74, 6) is 0. The van der Waals surface area contributed by atoms with Gasteiger partial charge in [-0.3, -0.25) is 0 Å². The van der Waals surface area contributed by atoms with E-state index in [2.05, 4.69) is 0 Å². The van der Waals surface area contributed by atoms with Gasteiger partial charge >= 0.3 is 0 Å². The lowest BCUT2D eigenvalue weighted by atomic mass is 10.6. The van der Waals surface area contributed by atoms with Crippen LogP contribution >= 0.6 is 0 Å². The van der Waals surface area contributed by atoms with E-state index in [-0.39, 0.29) is 0 Å². The van der Waals surface area contributed by atoms with Crippen molar-refractivity contribution in [1.29, 1.82) is 0 Å². The summed E-state index contributed by atoms with van der Waals surface area (Å²) >= 11 is 0. The van der Waals surface area contributed by atoms with Crippen molar-refractivity contribution in [3.05, 3.63) is 0 Å². The molecule has 0 aromatic heterocycles. The van der Waals surface area contributed by atoms with Gasteiger partial charge in [0, 0.05) is 0 Å². The lowest BCUT2D eigenvalue weighted by Gasteiger charge is -2.00. The van der Waals surface area contributed by atoms with Crippen molar-refractivity contribution < 1.29 is 19.9 Å². The molecular formula is C5H13NO3. The Morgan fingerprint density at radius 2 is 1.89 bits per heavy atom. The summed E-state index contributed by atoms with van der Waals surface area (Å²) in [6, 6.07) is 0. The Bertz CT molecular complexity index is 56.2. The molecule has 0 aromatic carbocycles. The second-order valence-corrected chi connectivity index (χ2v) is 1.77. The van der Waals surface area contributed by atoms with Crippen molar-refractivity contribution in [2.24, 2.45) is 0 Å². The van der Waals surface area contributed by atoms with Gasteiger partial charge in [0.05, 0.1) is 20.7 Å². The number of rotatable bonds is 2. The average Bonchev–Trinajstić information content (AvgIpc) is 1.67. The number of aliphatic hydroxyl groups is 1. The van der Waals surface area contributed by atoms with Crippen molar-refractivity contribution in [2.45, 2.75) is 0 Å². The van der Waals surface area contributed by atoms with Crippen molar-refractivity contribution in [2.75, 3.05) is 27.2 Å². The molecule has 0 spiro atoms. The molecule has 0 radical (unpaired) electrons. The normalized spacial score (nSPS) is 8.00. The molecular weight excluding hydrogens is 122 g/mol. The molecule has 4 heteroatoms. The maximum atomic E-state index is 8.24. The van der Waals surface area contributed by atoms with Crippen LogP contribution in [-0.4, -0.2) is 43.9 Å². The first-order chi connectivity index (χ1) is 4.18. The minimum Gasteiger partial charge on any atom is -0.665 e. The number of likely N-dealkylation sites (N-methyl/N-ethyl adjacent to an activating group) is 1. The molecule has 0 amide bonds. The van der Waals surface area contributed by atoms with Crippen LogP contribution in [0.4, 0.5) is 0 Å². The van der Waals surface area contributed by atoms with Gasteiger partial charge < -0.3 is 19.9 Å². The van der Waals surface area contributed by atoms with Crippen LogP contribution in [0, 0.1) is 0 Å². The molecule has 0 saturated heterocycles. The summed E-state index contributed by atoms with van der Waals surface area (Å²) in [6.07, 6.45) is 0. The van der Waals surface area contributed by atoms with Crippen LogP contribution in [0.15, 0.2) is 0 Å². The van der Waals surface area contributed by atoms with Crippen LogP contribution < -0.4 is 4.90 Å². The highest BCUT2D eigenvalue weighted by atomic mass is 16.3. The van der Waals surface area contributed by atoms with Gasteiger partial charge in [0.25, 0.3) is 0 Å². The van der Waals surface area contributed by atoms with Crippen molar-refractivity contribution in [3.8, 4) is 0 Å². The van der Waals surface area contributed by atoms with Crippen LogP contribution in [0.25, 0.3) is 0 Å². The van der Waals surface area contributed by atoms with E-state index >= 15 is 0 Å². The van der Waals surface area contributed by atoms with Gasteiger partial charge in [0.1, 0.15) is 6.54 Å². The monoisotopic (exact) mass is 135 g/mol. The Morgan fingerprint density at radius 3 is 1.89 bits per heavy atom. The molecule has 0 aromatic rings. The molecule has 0 bridgehead atoms. The second kappa shape index (κ2) is 10.4. The van der Waals surface area contributed by atoms with Crippen LogP contribution in [-0.2, 0) is 4.79 Å². The maximum absolute atomic E-state index is 8.24. The zero-order valence-electron chi connectivity index (χ0n) is 5.72. The van der Waals surface area contributed by atoms with E-state index < -0.39 is 0 Å². The van der Waals surface area contributed by atoms with E-state index in [1.165, 1.54) is 4.90 Å². The molecule has 0 saturated carbocycles. The molecule has 0 aliphatic heterocycles. The summed E-state index contributed by atoms with van der Waals surface area (Å²) in [6.45, 7) is 1.64. The topological polar surface area (TPSA) is 62.0 Å². The van der Waals surface area contributed by atoms with Gasteiger partial charge in [-0.05, 0) is 0 Å². The second-order valence-electron chi connectivity index (χ2n) is 1.77. The highest BCUT2D eigenvalue weighted by Gasteiger charge is 1.84. The first kappa shape index (κ1) is 11.2. The molecule has 56 valence electrons. The minimum absolute atomic E-state index is 0.294. The molecule has 0 heterocycles. The molecule has 4 nitrogen and oxygen atoms in total. The average molecular weight is 135 g/mol. The number of hydrogen-bond acceptors (Lipinski definition) is 2. The van der Waals surface area contributed by atoms with Gasteiger partial charge in [-0.2, -0.15) is 0 Å². The molecule has 0 aliphatic carbocycles. The van der Waals surface area contributed by atoms with E-state index in [1.54, 1.807) is 0 Å². The first-order valence-electron chi connectivity index (χ1n) is 2.60. The summed E-state index contributed by atoms with van der Waals surface area (Å²) in [7, 11) is 4.02. The number of nitrogens with one attached hydrogen (secondary N) is 1. The minimum atomic E-state index is 0.294. The molecule has 0 unspecified atom stereocenters. The van der Waals surface area contributed by atoms with Crippen LogP contribution in [0.1, 0.15) is 0 Å². The largest absolute Gasteiger partial charge is 0.665 e. The Balaban J connectivity index is 0. The molecule has 0 fully saturated rings. The zero-order valence-corrected chi connectivity index (χ0v) is 5.72. The van der Waals surface area contributed by atoms with Crippen molar-refractivity contribution in [3.63, 3.8) is 0 Å². The summed E-state index contributed by atoms with van der Waals surface area (Å²) in [5, 5.41) is 15.0. The fourth-order valence-electron chi connectivity index (χ4n) is 0.224. The Kier molecular flexibility index (Phi) is 13.0. The maximum Gasteiger partial charge on any atom is 0.100 e. The molecule has 0 aliphatic rings. The Morgan fingerprint density at radius 1 is 1.56 bits per heavy atom. The predicted molar refractivity (Wildman–Crippen MR) is 33.1 cm³/mol. The first-order valence-corrected chi connectivity index (χ1v) is 2.60. The summed E-state index contributed by atoms with van der Waals surface area (Å²) in [5.41, 5.74) is 0. The lowest BCUT2D eigenvalue weighted by Crippen LogP contribution is -3.06. The number of quaternary nitrogens is 1. The van der Waals surface area contributed by atoms with Gasteiger partial charge in [-0.1, -0.05) is 6.47 Å². The van der Waals surface area contributed by atoms with Crippen LogP contribution in [0.3, 0.4) is 0 Å². The third kappa shape index (κ3) is 37.6. The van der Waals surface area contributed by atoms with E-state index in [0.29, 0.717) is 13.1 Å². The smallest absolute Gasteiger partial charge is 0.100 e. The predicted octanol–water partition coefficient (Wildman–Crippen LogP) is -2.27. The highest BCUT2D eigenvalue weighted by molar-refractivity contribution is 5.34. The fraction of sp³-hybridized carbons (Fsp3) is 0.800. The van der Waals surface area contributed by atoms with E-state index in [9.17, 15) is 0 Å². The number of aliphatic hydroxyl groups excluding tert-OH is 2. The molecule has 9 heavy (non-hydrogen) atoms. The highest BCUT2D eigenvalue weighted by Crippen LogP contribution is 1.35. The lowest BCUT2D eigenvalue weighted by molar-refractivity contribution is -0.858. The zero-order chi connectivity index (χ0) is 7.70. The van der Waals surface area contributed by atoms with E-state index in [0.717, 1.165) is 6.54 Å². The van der Waals surface area contributed by atoms with Gasteiger partial charge in [-0.15, -0.1) is 0 Å². The quantitative estimate of drug-likeness (QED) is 0.374. The third-order valence-electron chi connectivity index (χ3n) is 0.612. The van der Waals surface area contributed by atoms with E-state index in [1.807, 2.05) is 14.1 Å². The number of hydrogen-bond donors (Lipinski definition) is 3. The van der Waals surface area contributed by atoms with Gasteiger partial charge in [0.15, 0.2) is 0 Å². The van der Waals surface area contributed by atoms with Crippen LogP contribution in [0.2, 0.25) is 0 Å². The molecule has 0 atom stereocenters. The summed E-state index contributed by atoms with van der Waals surface area (Å²) in [4.78, 5) is 9.53. The Hall–Kier alpha value is -0.610. The van der Waals surface area contributed by atoms with E-state index in [4.69, 9.17) is 15.0 Å².